The molecule has 1 aromatic heterocycles. The van der Waals surface area contributed by atoms with E-state index in [1.807, 2.05) is 6.92 Å². The van der Waals surface area contributed by atoms with Crippen molar-refractivity contribution in [3.8, 4) is 5.69 Å². The minimum absolute atomic E-state index is 0.188. The minimum atomic E-state index is -0.733. The highest BCUT2D eigenvalue weighted by molar-refractivity contribution is 5.92. The molecule has 0 radical (unpaired) electrons. The monoisotopic (exact) mass is 306 g/mol. The largest absolute Gasteiger partial charge is 0.394 e. The van der Waals surface area contributed by atoms with Gasteiger partial charge in [0, 0.05) is 12.4 Å². The molecule has 0 aliphatic heterocycles. The van der Waals surface area contributed by atoms with Crippen molar-refractivity contribution in [1.82, 2.24) is 15.1 Å². The Morgan fingerprint density at radius 3 is 2.86 bits per heavy atom. The molecular weight excluding hydrogens is 287 g/mol. The van der Waals surface area contributed by atoms with Crippen molar-refractivity contribution >= 4 is 11.7 Å². The lowest BCUT2D eigenvalue weighted by atomic mass is 10.0. The van der Waals surface area contributed by atoms with Gasteiger partial charge in [0.2, 0.25) is 0 Å². The van der Waals surface area contributed by atoms with Gasteiger partial charge in [-0.2, -0.15) is 5.10 Å². The van der Waals surface area contributed by atoms with E-state index in [0.717, 1.165) is 0 Å². The highest BCUT2D eigenvalue weighted by atomic mass is 19.1. The Kier molecular flexibility index (Phi) is 4.77. The highest BCUT2D eigenvalue weighted by Gasteiger charge is 2.23. The summed E-state index contributed by atoms with van der Waals surface area (Å²) in [6.45, 7) is 3.40. The van der Waals surface area contributed by atoms with Crippen LogP contribution in [0.3, 0.4) is 0 Å². The molecule has 2 aromatic rings. The fourth-order valence-corrected chi connectivity index (χ4v) is 1.89. The summed E-state index contributed by atoms with van der Waals surface area (Å²) >= 11 is 0. The second-order valence-corrected chi connectivity index (χ2v) is 5.26. The molecule has 2 amide bonds. The van der Waals surface area contributed by atoms with Gasteiger partial charge in [-0.05, 0) is 37.6 Å². The van der Waals surface area contributed by atoms with Crippen LogP contribution in [0.5, 0.6) is 0 Å². The van der Waals surface area contributed by atoms with E-state index in [2.05, 4.69) is 15.7 Å². The maximum absolute atomic E-state index is 13.5. The van der Waals surface area contributed by atoms with Crippen LogP contribution < -0.4 is 10.6 Å². The van der Waals surface area contributed by atoms with Crippen LogP contribution in [-0.2, 0) is 0 Å². The Labute approximate surface area is 128 Å². The second kappa shape index (κ2) is 6.57. The molecule has 0 bridgehead atoms. The van der Waals surface area contributed by atoms with Gasteiger partial charge in [0.05, 0.1) is 23.5 Å². The summed E-state index contributed by atoms with van der Waals surface area (Å²) in [5.41, 5.74) is 0.102. The summed E-state index contributed by atoms with van der Waals surface area (Å²) in [5, 5.41) is 18.7. The first-order valence-corrected chi connectivity index (χ1v) is 6.97. The molecule has 118 valence electrons. The SMILES string of the molecule is CCC(C)(CO)NC(=O)Nc1cc(F)ccc1-n1cccn1. The summed E-state index contributed by atoms with van der Waals surface area (Å²) in [7, 11) is 0. The summed E-state index contributed by atoms with van der Waals surface area (Å²) in [6.07, 6.45) is 3.85. The fraction of sp³-hybridized carbons (Fsp3) is 0.333. The number of hydrogen-bond donors (Lipinski definition) is 3. The summed E-state index contributed by atoms with van der Waals surface area (Å²) in [6, 6.07) is 5.26. The Balaban J connectivity index is 2.22. The van der Waals surface area contributed by atoms with Gasteiger partial charge in [0.25, 0.3) is 0 Å². The Morgan fingerprint density at radius 2 is 2.27 bits per heavy atom. The molecule has 1 unspecified atom stereocenters. The number of hydrogen-bond acceptors (Lipinski definition) is 3. The van der Waals surface area contributed by atoms with Gasteiger partial charge in [0.1, 0.15) is 5.82 Å². The third-order valence-corrected chi connectivity index (χ3v) is 3.50. The third-order valence-electron chi connectivity index (χ3n) is 3.50. The molecule has 0 saturated carbocycles. The lowest BCUT2D eigenvalue weighted by Crippen LogP contribution is -2.50. The molecule has 1 aromatic carbocycles. The topological polar surface area (TPSA) is 79.2 Å². The molecular formula is C15H19FN4O2. The van der Waals surface area contributed by atoms with E-state index in [9.17, 15) is 14.3 Å². The molecule has 0 aliphatic carbocycles. The van der Waals surface area contributed by atoms with E-state index in [0.29, 0.717) is 12.1 Å². The number of aromatic nitrogens is 2. The lowest BCUT2D eigenvalue weighted by molar-refractivity contribution is 0.172. The number of aliphatic hydroxyl groups is 1. The van der Waals surface area contributed by atoms with Crippen LogP contribution >= 0.6 is 0 Å². The van der Waals surface area contributed by atoms with Crippen LogP contribution in [-0.4, -0.2) is 33.1 Å². The summed E-state index contributed by atoms with van der Waals surface area (Å²) in [4.78, 5) is 12.1. The number of carbonyl (C=O) groups is 1. The Bertz CT molecular complexity index is 639. The van der Waals surface area contributed by atoms with Crippen molar-refractivity contribution < 1.29 is 14.3 Å². The van der Waals surface area contributed by atoms with Gasteiger partial charge in [-0.25, -0.2) is 13.9 Å². The summed E-state index contributed by atoms with van der Waals surface area (Å²) < 4.78 is 15.0. The van der Waals surface area contributed by atoms with Gasteiger partial charge >= 0.3 is 6.03 Å². The van der Waals surface area contributed by atoms with E-state index in [4.69, 9.17) is 0 Å². The first-order valence-electron chi connectivity index (χ1n) is 6.97. The normalized spacial score (nSPS) is 13.5. The van der Waals surface area contributed by atoms with E-state index >= 15 is 0 Å². The zero-order valence-electron chi connectivity index (χ0n) is 12.5. The number of nitrogens with one attached hydrogen (secondary N) is 2. The van der Waals surface area contributed by atoms with Gasteiger partial charge in [0.15, 0.2) is 0 Å². The van der Waals surface area contributed by atoms with E-state index in [1.54, 1.807) is 25.4 Å². The van der Waals surface area contributed by atoms with Gasteiger partial charge in [-0.15, -0.1) is 0 Å². The number of rotatable bonds is 5. The van der Waals surface area contributed by atoms with Gasteiger partial charge < -0.3 is 15.7 Å². The quantitative estimate of drug-likeness (QED) is 0.793. The van der Waals surface area contributed by atoms with E-state index < -0.39 is 17.4 Å². The number of nitrogens with zero attached hydrogens (tertiary/aromatic N) is 2. The smallest absolute Gasteiger partial charge is 0.319 e. The van der Waals surface area contributed by atoms with Gasteiger partial charge in [-0.1, -0.05) is 6.92 Å². The van der Waals surface area contributed by atoms with Crippen LogP contribution in [0.2, 0.25) is 0 Å². The molecule has 3 N–H and O–H groups in total. The molecule has 0 saturated heterocycles. The van der Waals surface area contributed by atoms with E-state index in [1.165, 1.54) is 22.9 Å². The predicted molar refractivity (Wildman–Crippen MR) is 81.5 cm³/mol. The minimum Gasteiger partial charge on any atom is -0.394 e. The fourth-order valence-electron chi connectivity index (χ4n) is 1.89. The Morgan fingerprint density at radius 1 is 1.50 bits per heavy atom. The molecule has 22 heavy (non-hydrogen) atoms. The maximum atomic E-state index is 13.5. The maximum Gasteiger partial charge on any atom is 0.319 e. The number of anilines is 1. The molecule has 1 atom stereocenters. The second-order valence-electron chi connectivity index (χ2n) is 5.26. The number of amides is 2. The highest BCUT2D eigenvalue weighted by Crippen LogP contribution is 2.21. The van der Waals surface area contributed by atoms with Crippen LogP contribution in [0.15, 0.2) is 36.7 Å². The van der Waals surface area contributed by atoms with Crippen molar-refractivity contribution in [2.24, 2.45) is 0 Å². The molecule has 0 spiro atoms. The van der Waals surface area contributed by atoms with Crippen molar-refractivity contribution in [1.29, 1.82) is 0 Å². The van der Waals surface area contributed by atoms with Crippen molar-refractivity contribution in [2.75, 3.05) is 11.9 Å². The van der Waals surface area contributed by atoms with Gasteiger partial charge in [-0.3, -0.25) is 0 Å². The average molecular weight is 306 g/mol. The van der Waals surface area contributed by atoms with Crippen LogP contribution in [0.4, 0.5) is 14.9 Å². The first kappa shape index (κ1) is 16.0. The van der Waals surface area contributed by atoms with Crippen molar-refractivity contribution in [3.63, 3.8) is 0 Å². The van der Waals surface area contributed by atoms with Crippen LogP contribution in [0.1, 0.15) is 20.3 Å². The first-order chi connectivity index (χ1) is 10.5. The lowest BCUT2D eigenvalue weighted by Gasteiger charge is -2.27. The zero-order chi connectivity index (χ0) is 16.2. The average Bonchev–Trinajstić information content (AvgIpc) is 3.01. The predicted octanol–water partition coefficient (Wildman–Crippen LogP) is 2.29. The van der Waals surface area contributed by atoms with Crippen molar-refractivity contribution in [3.05, 3.63) is 42.5 Å². The molecule has 0 fully saturated rings. The molecule has 7 heteroatoms. The summed E-state index contributed by atoms with van der Waals surface area (Å²) in [5.74, 6) is -0.466. The molecule has 6 nitrogen and oxygen atoms in total. The third kappa shape index (κ3) is 3.62. The van der Waals surface area contributed by atoms with Crippen LogP contribution in [0.25, 0.3) is 5.69 Å². The molecule has 1 heterocycles. The van der Waals surface area contributed by atoms with Crippen LogP contribution in [0, 0.1) is 5.82 Å². The standard InChI is InChI=1S/C15H19FN4O2/c1-3-15(2,10-21)19-14(22)18-12-9-11(16)5-6-13(12)20-8-4-7-17-20/h4-9,21H,3,10H2,1-2H3,(H2,18,19,22). The number of urea groups is 1. The van der Waals surface area contributed by atoms with E-state index in [-0.39, 0.29) is 12.3 Å². The molecule has 2 rings (SSSR count). The van der Waals surface area contributed by atoms with Crippen molar-refractivity contribution in [2.45, 2.75) is 25.8 Å². The number of aliphatic hydroxyl groups excluding tert-OH is 1. The Hall–Kier alpha value is -2.41. The molecule has 0 aliphatic rings. The number of halogens is 1. The number of carbonyl (C=O) groups excluding carboxylic acids is 1. The number of benzene rings is 1. The zero-order valence-corrected chi connectivity index (χ0v) is 12.5.